The Morgan fingerprint density at radius 1 is 1.42 bits per heavy atom. The van der Waals surface area contributed by atoms with Crippen LogP contribution >= 0.6 is 0 Å². The van der Waals surface area contributed by atoms with Crippen LogP contribution in [-0.4, -0.2) is 29.9 Å². The molecule has 1 aliphatic carbocycles. The van der Waals surface area contributed by atoms with Gasteiger partial charge in [0.25, 0.3) is 0 Å². The fraction of sp³-hybridized carbons (Fsp3) is 0.533. The van der Waals surface area contributed by atoms with Crippen molar-refractivity contribution in [3.05, 3.63) is 35.6 Å². The van der Waals surface area contributed by atoms with E-state index < -0.39 is 0 Å². The SMILES string of the molecule is NCCCN(C(=O)Cc1cccc(F)c1)C1CCC1. The predicted octanol–water partition coefficient (Wildman–Crippen LogP) is 2.10. The molecule has 104 valence electrons. The largest absolute Gasteiger partial charge is 0.339 e. The highest BCUT2D eigenvalue weighted by Crippen LogP contribution is 2.25. The molecule has 0 unspecified atom stereocenters. The van der Waals surface area contributed by atoms with Crippen LogP contribution in [0.15, 0.2) is 24.3 Å². The number of nitrogens with zero attached hydrogens (tertiary/aromatic N) is 1. The molecule has 0 bridgehead atoms. The zero-order valence-electron chi connectivity index (χ0n) is 11.1. The molecule has 1 aromatic rings. The number of hydrogen-bond acceptors (Lipinski definition) is 2. The van der Waals surface area contributed by atoms with E-state index in [2.05, 4.69) is 0 Å². The van der Waals surface area contributed by atoms with Crippen molar-refractivity contribution in [2.24, 2.45) is 5.73 Å². The van der Waals surface area contributed by atoms with Gasteiger partial charge in [-0.2, -0.15) is 0 Å². The van der Waals surface area contributed by atoms with Crippen LogP contribution in [0.5, 0.6) is 0 Å². The zero-order valence-corrected chi connectivity index (χ0v) is 11.1. The highest BCUT2D eigenvalue weighted by Gasteiger charge is 2.28. The van der Waals surface area contributed by atoms with Gasteiger partial charge in [0, 0.05) is 12.6 Å². The number of amides is 1. The third kappa shape index (κ3) is 3.77. The minimum Gasteiger partial charge on any atom is -0.339 e. The van der Waals surface area contributed by atoms with E-state index in [1.54, 1.807) is 12.1 Å². The maximum absolute atomic E-state index is 13.1. The fourth-order valence-corrected chi connectivity index (χ4v) is 2.39. The van der Waals surface area contributed by atoms with E-state index in [0.717, 1.165) is 31.4 Å². The molecule has 4 heteroatoms. The monoisotopic (exact) mass is 264 g/mol. The molecule has 1 amide bonds. The van der Waals surface area contributed by atoms with Gasteiger partial charge < -0.3 is 10.6 Å². The van der Waals surface area contributed by atoms with E-state index in [9.17, 15) is 9.18 Å². The Morgan fingerprint density at radius 2 is 2.21 bits per heavy atom. The van der Waals surface area contributed by atoms with Crippen LogP contribution in [-0.2, 0) is 11.2 Å². The van der Waals surface area contributed by atoms with Crippen LogP contribution in [0, 0.1) is 5.82 Å². The van der Waals surface area contributed by atoms with Crippen LogP contribution < -0.4 is 5.73 Å². The van der Waals surface area contributed by atoms with Crippen molar-refractivity contribution >= 4 is 5.91 Å². The van der Waals surface area contributed by atoms with Gasteiger partial charge in [-0.15, -0.1) is 0 Å². The van der Waals surface area contributed by atoms with E-state index in [0.29, 0.717) is 12.6 Å². The topological polar surface area (TPSA) is 46.3 Å². The lowest BCUT2D eigenvalue weighted by molar-refractivity contribution is -0.134. The molecule has 1 saturated carbocycles. The first-order valence-electron chi connectivity index (χ1n) is 6.94. The van der Waals surface area contributed by atoms with Crippen molar-refractivity contribution in [2.75, 3.05) is 13.1 Å². The number of benzene rings is 1. The summed E-state index contributed by atoms with van der Waals surface area (Å²) in [5.41, 5.74) is 6.26. The molecule has 1 aromatic carbocycles. The summed E-state index contributed by atoms with van der Waals surface area (Å²) in [7, 11) is 0. The minimum atomic E-state index is -0.289. The Morgan fingerprint density at radius 3 is 2.79 bits per heavy atom. The molecular formula is C15H21FN2O. The average Bonchev–Trinajstić information content (AvgIpc) is 2.31. The molecule has 19 heavy (non-hydrogen) atoms. The number of carbonyl (C=O) groups excluding carboxylic acids is 1. The molecule has 0 spiro atoms. The molecule has 3 nitrogen and oxygen atoms in total. The molecule has 0 saturated heterocycles. The first kappa shape index (κ1) is 14.0. The Balaban J connectivity index is 1.98. The lowest BCUT2D eigenvalue weighted by Crippen LogP contribution is -2.45. The first-order chi connectivity index (χ1) is 9.20. The second-order valence-corrected chi connectivity index (χ2v) is 5.12. The van der Waals surface area contributed by atoms with E-state index in [-0.39, 0.29) is 18.1 Å². The normalized spacial score (nSPS) is 15.1. The van der Waals surface area contributed by atoms with E-state index in [1.165, 1.54) is 18.6 Å². The molecule has 0 aliphatic heterocycles. The quantitative estimate of drug-likeness (QED) is 0.855. The smallest absolute Gasteiger partial charge is 0.227 e. The summed E-state index contributed by atoms with van der Waals surface area (Å²) in [6.45, 7) is 1.31. The molecule has 2 N–H and O–H groups in total. The number of nitrogens with two attached hydrogens (primary N) is 1. The molecule has 1 fully saturated rings. The van der Waals surface area contributed by atoms with Crippen molar-refractivity contribution < 1.29 is 9.18 Å². The highest BCUT2D eigenvalue weighted by molar-refractivity contribution is 5.79. The van der Waals surface area contributed by atoms with Gasteiger partial charge in [0.2, 0.25) is 5.91 Å². The Labute approximate surface area is 113 Å². The van der Waals surface area contributed by atoms with Gasteiger partial charge in [-0.05, 0) is 49.9 Å². The number of rotatable bonds is 6. The van der Waals surface area contributed by atoms with Gasteiger partial charge >= 0.3 is 0 Å². The standard InChI is InChI=1S/C15H21FN2O/c16-13-5-1-4-12(10-13)11-15(19)18(9-3-8-17)14-6-2-7-14/h1,4-5,10,14H,2-3,6-9,11,17H2. The fourth-order valence-electron chi connectivity index (χ4n) is 2.39. The van der Waals surface area contributed by atoms with Crippen molar-refractivity contribution in [2.45, 2.75) is 38.1 Å². The van der Waals surface area contributed by atoms with Gasteiger partial charge in [0.15, 0.2) is 0 Å². The summed E-state index contributed by atoms with van der Waals surface area (Å²) in [6, 6.07) is 6.63. The summed E-state index contributed by atoms with van der Waals surface area (Å²) >= 11 is 0. The predicted molar refractivity (Wildman–Crippen MR) is 73.1 cm³/mol. The summed E-state index contributed by atoms with van der Waals surface area (Å²) in [5.74, 6) is -0.203. The molecule has 0 atom stereocenters. The van der Waals surface area contributed by atoms with Gasteiger partial charge in [-0.25, -0.2) is 4.39 Å². The third-order valence-electron chi connectivity index (χ3n) is 3.68. The Hall–Kier alpha value is -1.42. The van der Waals surface area contributed by atoms with Gasteiger partial charge in [-0.1, -0.05) is 12.1 Å². The minimum absolute atomic E-state index is 0.0868. The van der Waals surface area contributed by atoms with E-state index in [4.69, 9.17) is 5.73 Å². The van der Waals surface area contributed by atoms with Crippen LogP contribution in [0.3, 0.4) is 0 Å². The van der Waals surface area contributed by atoms with Crippen molar-refractivity contribution in [1.82, 2.24) is 4.90 Å². The van der Waals surface area contributed by atoms with E-state index >= 15 is 0 Å². The zero-order chi connectivity index (χ0) is 13.7. The van der Waals surface area contributed by atoms with Gasteiger partial charge in [0.05, 0.1) is 6.42 Å². The lowest BCUT2D eigenvalue weighted by Gasteiger charge is -2.37. The molecule has 0 heterocycles. The van der Waals surface area contributed by atoms with Crippen molar-refractivity contribution in [1.29, 1.82) is 0 Å². The van der Waals surface area contributed by atoms with Crippen LogP contribution in [0.25, 0.3) is 0 Å². The van der Waals surface area contributed by atoms with Gasteiger partial charge in [0.1, 0.15) is 5.82 Å². The van der Waals surface area contributed by atoms with E-state index in [1.807, 2.05) is 4.90 Å². The maximum atomic E-state index is 13.1. The maximum Gasteiger partial charge on any atom is 0.227 e. The van der Waals surface area contributed by atoms with Crippen LogP contribution in [0.1, 0.15) is 31.2 Å². The molecule has 0 radical (unpaired) electrons. The summed E-state index contributed by atoms with van der Waals surface area (Å²) in [6.07, 6.45) is 4.46. The highest BCUT2D eigenvalue weighted by atomic mass is 19.1. The van der Waals surface area contributed by atoms with Crippen LogP contribution in [0.4, 0.5) is 4.39 Å². The summed E-state index contributed by atoms with van der Waals surface area (Å²) < 4.78 is 13.1. The number of hydrogen-bond donors (Lipinski definition) is 1. The average molecular weight is 264 g/mol. The third-order valence-corrected chi connectivity index (χ3v) is 3.68. The van der Waals surface area contributed by atoms with Crippen molar-refractivity contribution in [3.63, 3.8) is 0 Å². The van der Waals surface area contributed by atoms with Crippen molar-refractivity contribution in [3.8, 4) is 0 Å². The number of carbonyl (C=O) groups is 1. The molecular weight excluding hydrogens is 243 g/mol. The Bertz CT molecular complexity index is 432. The van der Waals surface area contributed by atoms with Gasteiger partial charge in [-0.3, -0.25) is 4.79 Å². The molecule has 0 aromatic heterocycles. The first-order valence-corrected chi connectivity index (χ1v) is 6.94. The summed E-state index contributed by atoms with van der Waals surface area (Å²) in [5, 5.41) is 0. The second kappa shape index (κ2) is 6.66. The number of halogens is 1. The Kier molecular flexibility index (Phi) is 4.91. The molecule has 2 rings (SSSR count). The molecule has 1 aliphatic rings. The van der Waals surface area contributed by atoms with Crippen LogP contribution in [0.2, 0.25) is 0 Å². The second-order valence-electron chi connectivity index (χ2n) is 5.12. The summed E-state index contributed by atoms with van der Waals surface area (Å²) in [4.78, 5) is 14.3. The lowest BCUT2D eigenvalue weighted by atomic mass is 9.91.